The second-order valence-corrected chi connectivity index (χ2v) is 3.09. The van der Waals surface area contributed by atoms with Gasteiger partial charge in [0.05, 0.1) is 0 Å². The van der Waals surface area contributed by atoms with Crippen LogP contribution in [-0.2, 0) is 0 Å². The summed E-state index contributed by atoms with van der Waals surface area (Å²) in [5.41, 5.74) is 0. The Bertz CT molecular complexity index is 77.3. The van der Waals surface area contributed by atoms with E-state index in [1.807, 2.05) is 7.05 Å². The van der Waals surface area contributed by atoms with Gasteiger partial charge in [-0.05, 0) is 51.9 Å². The van der Waals surface area contributed by atoms with Crippen LogP contribution in [0.25, 0.3) is 0 Å². The average molecular weight is 142 g/mol. The van der Waals surface area contributed by atoms with Crippen LogP contribution >= 0.6 is 0 Å². The largest absolute Gasteiger partial charge is 0.320 e. The van der Waals surface area contributed by atoms with Crippen LogP contribution in [0.5, 0.6) is 0 Å². The van der Waals surface area contributed by atoms with Crippen molar-refractivity contribution < 1.29 is 0 Å². The molecule has 0 saturated carbocycles. The zero-order chi connectivity index (χ0) is 7.23. The van der Waals surface area contributed by atoms with E-state index in [1.54, 1.807) is 0 Å². The summed E-state index contributed by atoms with van der Waals surface area (Å²) in [6.45, 7) is 3.65. The maximum Gasteiger partial charge on any atom is -0.00463 e. The molecular weight excluding hydrogens is 124 g/mol. The van der Waals surface area contributed by atoms with E-state index < -0.39 is 0 Å². The predicted molar refractivity (Wildman–Crippen MR) is 44.1 cm³/mol. The Morgan fingerprint density at radius 2 is 2.10 bits per heavy atom. The van der Waals surface area contributed by atoms with Gasteiger partial charge in [-0.15, -0.1) is 0 Å². The Kier molecular flexibility index (Phi) is 3.76. The molecule has 1 heterocycles. The lowest BCUT2D eigenvalue weighted by atomic mass is 9.95. The van der Waals surface area contributed by atoms with Crippen LogP contribution < -0.4 is 10.6 Å². The molecule has 1 aliphatic rings. The number of hydrogen-bond donors (Lipinski definition) is 2. The fourth-order valence-corrected chi connectivity index (χ4v) is 1.52. The molecule has 2 heteroatoms. The molecule has 10 heavy (non-hydrogen) atoms. The molecule has 2 N–H and O–H groups in total. The van der Waals surface area contributed by atoms with Gasteiger partial charge >= 0.3 is 0 Å². The molecule has 0 atom stereocenters. The minimum absolute atomic E-state index is 0.980. The van der Waals surface area contributed by atoms with Crippen molar-refractivity contribution in [3.63, 3.8) is 0 Å². The molecule has 0 bridgehead atoms. The first-order chi connectivity index (χ1) is 4.93. The van der Waals surface area contributed by atoms with Crippen LogP contribution in [0.3, 0.4) is 0 Å². The Morgan fingerprint density at radius 3 is 2.70 bits per heavy atom. The fourth-order valence-electron chi connectivity index (χ4n) is 1.52. The van der Waals surface area contributed by atoms with Gasteiger partial charge in [0.25, 0.3) is 0 Å². The summed E-state index contributed by atoms with van der Waals surface area (Å²) < 4.78 is 0. The van der Waals surface area contributed by atoms with Gasteiger partial charge in [-0.3, -0.25) is 0 Å². The van der Waals surface area contributed by atoms with E-state index in [9.17, 15) is 0 Å². The van der Waals surface area contributed by atoms with Crippen molar-refractivity contribution >= 4 is 0 Å². The topological polar surface area (TPSA) is 24.1 Å². The summed E-state index contributed by atoms with van der Waals surface area (Å²) in [6.07, 6.45) is 4.11. The molecule has 1 fully saturated rings. The van der Waals surface area contributed by atoms with Gasteiger partial charge in [0, 0.05) is 0 Å². The standard InChI is InChI=1S/C8H18N2/c1-9-5-2-8-3-6-10-7-4-8/h8-10H,2-7H2,1H3. The lowest BCUT2D eigenvalue weighted by Gasteiger charge is -2.22. The van der Waals surface area contributed by atoms with Gasteiger partial charge < -0.3 is 10.6 Å². The minimum Gasteiger partial charge on any atom is -0.320 e. The third-order valence-electron chi connectivity index (χ3n) is 2.26. The minimum atomic E-state index is 0.980. The number of piperidine rings is 1. The van der Waals surface area contributed by atoms with Gasteiger partial charge in [-0.1, -0.05) is 0 Å². The first-order valence-electron chi connectivity index (χ1n) is 4.29. The summed E-state index contributed by atoms with van der Waals surface area (Å²) >= 11 is 0. The molecule has 0 aromatic rings. The van der Waals surface area contributed by atoms with Crippen LogP contribution in [-0.4, -0.2) is 26.7 Å². The molecule has 60 valence electrons. The van der Waals surface area contributed by atoms with E-state index in [-0.39, 0.29) is 0 Å². The average Bonchev–Trinajstić information content (AvgIpc) is 2.03. The van der Waals surface area contributed by atoms with Crippen LogP contribution in [0.1, 0.15) is 19.3 Å². The first-order valence-corrected chi connectivity index (χ1v) is 4.29. The summed E-state index contributed by atoms with van der Waals surface area (Å²) in [6, 6.07) is 0. The molecule has 0 unspecified atom stereocenters. The van der Waals surface area contributed by atoms with Crippen molar-refractivity contribution in [2.24, 2.45) is 5.92 Å². The first kappa shape index (κ1) is 8.02. The maximum atomic E-state index is 3.37. The Balaban J connectivity index is 2.02. The number of hydrogen-bond acceptors (Lipinski definition) is 2. The fraction of sp³-hybridized carbons (Fsp3) is 1.00. The molecule has 1 aliphatic heterocycles. The van der Waals surface area contributed by atoms with Gasteiger partial charge in [-0.25, -0.2) is 0 Å². The summed E-state index contributed by atoms with van der Waals surface area (Å²) in [5.74, 6) is 0.980. The number of rotatable bonds is 3. The summed E-state index contributed by atoms with van der Waals surface area (Å²) in [4.78, 5) is 0. The second kappa shape index (κ2) is 4.69. The highest BCUT2D eigenvalue weighted by Crippen LogP contribution is 2.14. The Labute approximate surface area is 63.4 Å². The van der Waals surface area contributed by atoms with E-state index in [2.05, 4.69) is 10.6 Å². The van der Waals surface area contributed by atoms with E-state index in [0.29, 0.717) is 0 Å². The van der Waals surface area contributed by atoms with Crippen LogP contribution in [0.2, 0.25) is 0 Å². The van der Waals surface area contributed by atoms with Crippen molar-refractivity contribution in [1.82, 2.24) is 10.6 Å². The van der Waals surface area contributed by atoms with E-state index in [4.69, 9.17) is 0 Å². The van der Waals surface area contributed by atoms with Gasteiger partial charge in [-0.2, -0.15) is 0 Å². The Hall–Kier alpha value is -0.0800. The van der Waals surface area contributed by atoms with Crippen molar-refractivity contribution in [2.45, 2.75) is 19.3 Å². The summed E-state index contributed by atoms with van der Waals surface area (Å²) in [5, 5.41) is 6.57. The Morgan fingerprint density at radius 1 is 1.40 bits per heavy atom. The molecular formula is C8H18N2. The lowest BCUT2D eigenvalue weighted by molar-refractivity contribution is 0.351. The molecule has 1 saturated heterocycles. The van der Waals surface area contributed by atoms with E-state index in [1.165, 1.54) is 38.9 Å². The predicted octanol–water partition coefficient (Wildman–Crippen LogP) is 0.595. The quantitative estimate of drug-likeness (QED) is 0.603. The van der Waals surface area contributed by atoms with Crippen LogP contribution in [0.4, 0.5) is 0 Å². The molecule has 0 spiro atoms. The zero-order valence-corrected chi connectivity index (χ0v) is 6.82. The van der Waals surface area contributed by atoms with Crippen molar-refractivity contribution in [3.8, 4) is 0 Å². The third-order valence-corrected chi connectivity index (χ3v) is 2.26. The lowest BCUT2D eigenvalue weighted by Crippen LogP contribution is -2.29. The normalized spacial score (nSPS) is 21.3. The zero-order valence-electron chi connectivity index (χ0n) is 6.82. The summed E-state index contributed by atoms with van der Waals surface area (Å²) in [7, 11) is 2.03. The van der Waals surface area contributed by atoms with Gasteiger partial charge in [0.2, 0.25) is 0 Å². The van der Waals surface area contributed by atoms with E-state index in [0.717, 1.165) is 5.92 Å². The molecule has 0 aliphatic carbocycles. The van der Waals surface area contributed by atoms with Crippen LogP contribution in [0, 0.1) is 5.92 Å². The van der Waals surface area contributed by atoms with Crippen molar-refractivity contribution in [2.75, 3.05) is 26.7 Å². The van der Waals surface area contributed by atoms with Gasteiger partial charge in [0.1, 0.15) is 0 Å². The molecule has 0 aromatic heterocycles. The molecule has 0 radical (unpaired) electrons. The maximum absolute atomic E-state index is 3.37. The highest BCUT2D eigenvalue weighted by Gasteiger charge is 2.11. The smallest absolute Gasteiger partial charge is 0.00463 e. The van der Waals surface area contributed by atoms with E-state index >= 15 is 0 Å². The molecule has 0 amide bonds. The third kappa shape index (κ3) is 2.67. The highest BCUT2D eigenvalue weighted by atomic mass is 14.9. The SMILES string of the molecule is CNCCC1CCNCC1. The molecule has 2 nitrogen and oxygen atoms in total. The molecule has 1 rings (SSSR count). The monoisotopic (exact) mass is 142 g/mol. The van der Waals surface area contributed by atoms with Crippen molar-refractivity contribution in [1.29, 1.82) is 0 Å². The number of nitrogens with one attached hydrogen (secondary N) is 2. The van der Waals surface area contributed by atoms with Gasteiger partial charge in [0.15, 0.2) is 0 Å². The highest BCUT2D eigenvalue weighted by molar-refractivity contribution is 4.68. The second-order valence-electron chi connectivity index (χ2n) is 3.09. The van der Waals surface area contributed by atoms with Crippen LogP contribution in [0.15, 0.2) is 0 Å². The van der Waals surface area contributed by atoms with Crippen molar-refractivity contribution in [3.05, 3.63) is 0 Å². The molecule has 0 aromatic carbocycles.